The topological polar surface area (TPSA) is 71.5 Å². The first-order chi connectivity index (χ1) is 14.0. The maximum Gasteiger partial charge on any atom is 0.150 e. The number of halogens is 2. The number of benzene rings is 2. The molecular weight excluding hydrogens is 391 g/mol. The molecule has 0 aliphatic rings. The summed E-state index contributed by atoms with van der Waals surface area (Å²) < 4.78 is 16.4. The summed E-state index contributed by atoms with van der Waals surface area (Å²) >= 11 is 6.30. The van der Waals surface area contributed by atoms with Crippen molar-refractivity contribution in [3.8, 4) is 11.4 Å². The predicted octanol–water partition coefficient (Wildman–Crippen LogP) is 4.29. The van der Waals surface area contributed by atoms with Gasteiger partial charge in [0.15, 0.2) is 0 Å². The van der Waals surface area contributed by atoms with Gasteiger partial charge in [-0.25, -0.2) is 14.4 Å². The summed E-state index contributed by atoms with van der Waals surface area (Å²) in [6, 6.07) is 10.4. The van der Waals surface area contributed by atoms with Gasteiger partial charge in [0.25, 0.3) is 0 Å². The summed E-state index contributed by atoms with van der Waals surface area (Å²) in [5.41, 5.74) is 9.40. The van der Waals surface area contributed by atoms with E-state index < -0.39 is 5.82 Å². The van der Waals surface area contributed by atoms with Crippen LogP contribution in [0.15, 0.2) is 42.6 Å². The fourth-order valence-corrected chi connectivity index (χ4v) is 3.63. The van der Waals surface area contributed by atoms with Gasteiger partial charge in [-0.1, -0.05) is 17.7 Å². The lowest BCUT2D eigenvalue weighted by Gasteiger charge is -2.13. The zero-order chi connectivity index (χ0) is 20.5. The number of anilines is 2. The van der Waals surface area contributed by atoms with Gasteiger partial charge in [0.2, 0.25) is 0 Å². The fourth-order valence-electron chi connectivity index (χ4n) is 3.39. The molecule has 0 bridgehead atoms. The number of aromatic nitrogens is 3. The number of rotatable bonds is 6. The van der Waals surface area contributed by atoms with Crippen LogP contribution in [0.4, 0.5) is 15.9 Å². The first-order valence-electron chi connectivity index (χ1n) is 9.35. The van der Waals surface area contributed by atoms with Crippen LogP contribution in [0.2, 0.25) is 5.02 Å². The smallest absolute Gasteiger partial charge is 0.150 e. The van der Waals surface area contributed by atoms with Gasteiger partial charge >= 0.3 is 0 Å². The second kappa shape index (κ2) is 7.85. The Labute approximate surface area is 173 Å². The maximum absolute atomic E-state index is 14.6. The Morgan fingerprint density at radius 1 is 1.21 bits per heavy atom. The summed E-state index contributed by atoms with van der Waals surface area (Å²) in [6.07, 6.45) is 2.61. The van der Waals surface area contributed by atoms with E-state index in [4.69, 9.17) is 17.3 Å². The van der Waals surface area contributed by atoms with E-state index in [2.05, 4.69) is 34.3 Å². The molecule has 0 saturated carbocycles. The van der Waals surface area contributed by atoms with E-state index in [9.17, 15) is 4.39 Å². The van der Waals surface area contributed by atoms with Crippen molar-refractivity contribution in [3.05, 3.63) is 53.4 Å². The molecule has 6 nitrogen and oxygen atoms in total. The largest absolute Gasteiger partial charge is 0.385 e. The molecule has 0 saturated heterocycles. The zero-order valence-corrected chi connectivity index (χ0v) is 17.0. The van der Waals surface area contributed by atoms with Crippen molar-refractivity contribution in [1.29, 1.82) is 0 Å². The molecule has 0 spiro atoms. The third-order valence-electron chi connectivity index (χ3n) is 4.78. The van der Waals surface area contributed by atoms with E-state index in [0.29, 0.717) is 27.7 Å². The van der Waals surface area contributed by atoms with Gasteiger partial charge < -0.3 is 16.0 Å². The SMILES string of the molecule is CN(C)CCCNc1ccc2nc(N)c3cnc(-c4c(F)cccc4Cl)n3c2c1. The molecule has 8 heteroatoms. The zero-order valence-electron chi connectivity index (χ0n) is 16.3. The Balaban J connectivity index is 1.84. The van der Waals surface area contributed by atoms with Gasteiger partial charge in [-0.2, -0.15) is 0 Å². The predicted molar refractivity (Wildman–Crippen MR) is 117 cm³/mol. The lowest BCUT2D eigenvalue weighted by Crippen LogP contribution is -2.16. The standard InChI is InChI=1S/C21H22ClFN6/c1-28(2)10-4-9-25-13-7-8-16-17(11-13)29-18(20(24)27-16)12-26-21(29)19-14(22)5-3-6-15(19)23/h3,5-8,11-12,25H,4,9-10H2,1-2H3,(H2,24,27). The Hall–Kier alpha value is -2.90. The van der Waals surface area contributed by atoms with Crippen LogP contribution < -0.4 is 11.1 Å². The molecule has 3 N–H and O–H groups in total. The molecule has 0 amide bonds. The Morgan fingerprint density at radius 2 is 2.03 bits per heavy atom. The van der Waals surface area contributed by atoms with Crippen LogP contribution >= 0.6 is 11.6 Å². The number of nitrogens with zero attached hydrogens (tertiary/aromatic N) is 4. The molecule has 2 heterocycles. The van der Waals surface area contributed by atoms with Gasteiger partial charge in [0, 0.05) is 12.2 Å². The number of nitrogen functional groups attached to an aromatic ring is 1. The molecule has 2 aromatic carbocycles. The van der Waals surface area contributed by atoms with Gasteiger partial charge in [0.05, 0.1) is 27.8 Å². The Morgan fingerprint density at radius 3 is 2.79 bits per heavy atom. The highest BCUT2D eigenvalue weighted by atomic mass is 35.5. The molecule has 29 heavy (non-hydrogen) atoms. The van der Waals surface area contributed by atoms with Gasteiger partial charge in [-0.15, -0.1) is 0 Å². The number of hydrogen-bond donors (Lipinski definition) is 2. The highest BCUT2D eigenvalue weighted by Crippen LogP contribution is 2.33. The minimum atomic E-state index is -0.438. The molecule has 0 fully saturated rings. The van der Waals surface area contributed by atoms with Crippen molar-refractivity contribution in [2.45, 2.75) is 6.42 Å². The molecule has 0 radical (unpaired) electrons. The molecule has 0 atom stereocenters. The number of nitrogens with one attached hydrogen (secondary N) is 1. The van der Waals surface area contributed by atoms with Crippen LogP contribution in [0.3, 0.4) is 0 Å². The van der Waals surface area contributed by atoms with Crippen LogP contribution in [0, 0.1) is 5.82 Å². The normalized spacial score (nSPS) is 11.6. The Kier molecular flexibility index (Phi) is 5.25. The van der Waals surface area contributed by atoms with Gasteiger partial charge in [-0.3, -0.25) is 4.40 Å². The lowest BCUT2D eigenvalue weighted by atomic mass is 10.2. The summed E-state index contributed by atoms with van der Waals surface area (Å²) in [5.74, 6) is 0.286. The third kappa shape index (κ3) is 3.71. The van der Waals surface area contributed by atoms with Crippen LogP contribution in [0.25, 0.3) is 27.9 Å². The number of hydrogen-bond acceptors (Lipinski definition) is 5. The molecule has 4 aromatic rings. The highest BCUT2D eigenvalue weighted by molar-refractivity contribution is 6.33. The van der Waals surface area contributed by atoms with Gasteiger partial charge in [-0.05, 0) is 57.4 Å². The maximum atomic E-state index is 14.6. The van der Waals surface area contributed by atoms with Crippen molar-refractivity contribution in [1.82, 2.24) is 19.3 Å². The minimum Gasteiger partial charge on any atom is -0.385 e. The average molecular weight is 413 g/mol. The molecule has 0 aliphatic carbocycles. The van der Waals surface area contributed by atoms with E-state index in [1.807, 2.05) is 22.6 Å². The second-order valence-corrected chi connectivity index (χ2v) is 7.59. The third-order valence-corrected chi connectivity index (χ3v) is 5.09. The lowest BCUT2D eigenvalue weighted by molar-refractivity contribution is 0.405. The first-order valence-corrected chi connectivity index (χ1v) is 9.73. The summed E-state index contributed by atoms with van der Waals surface area (Å²) in [4.78, 5) is 11.0. The first kappa shape index (κ1) is 19.4. The van der Waals surface area contributed by atoms with E-state index in [1.54, 1.807) is 18.3 Å². The molecule has 0 aliphatic heterocycles. The summed E-state index contributed by atoms with van der Waals surface area (Å²) in [5, 5.41) is 3.72. The minimum absolute atomic E-state index is 0.241. The van der Waals surface area contributed by atoms with E-state index in [-0.39, 0.29) is 5.56 Å². The number of nitrogens with two attached hydrogens (primary N) is 1. The van der Waals surface area contributed by atoms with Crippen molar-refractivity contribution < 1.29 is 4.39 Å². The van der Waals surface area contributed by atoms with Crippen LogP contribution in [-0.2, 0) is 0 Å². The second-order valence-electron chi connectivity index (χ2n) is 7.18. The van der Waals surface area contributed by atoms with E-state index in [0.717, 1.165) is 30.7 Å². The summed E-state index contributed by atoms with van der Waals surface area (Å²) in [7, 11) is 4.11. The van der Waals surface area contributed by atoms with Crippen molar-refractivity contribution in [2.75, 3.05) is 38.2 Å². The van der Waals surface area contributed by atoms with E-state index in [1.165, 1.54) is 6.07 Å². The van der Waals surface area contributed by atoms with Crippen LogP contribution in [-0.4, -0.2) is 46.5 Å². The molecule has 4 rings (SSSR count). The quantitative estimate of drug-likeness (QED) is 0.462. The van der Waals surface area contributed by atoms with Crippen LogP contribution in [0.5, 0.6) is 0 Å². The monoisotopic (exact) mass is 412 g/mol. The summed E-state index contributed by atoms with van der Waals surface area (Å²) in [6.45, 7) is 1.84. The number of fused-ring (bicyclic) bond motifs is 3. The fraction of sp³-hybridized carbons (Fsp3) is 0.238. The Bertz CT molecular complexity index is 1170. The van der Waals surface area contributed by atoms with Crippen molar-refractivity contribution in [2.24, 2.45) is 0 Å². The van der Waals surface area contributed by atoms with Crippen molar-refractivity contribution in [3.63, 3.8) is 0 Å². The average Bonchev–Trinajstić information content (AvgIpc) is 3.11. The van der Waals surface area contributed by atoms with E-state index >= 15 is 0 Å². The van der Waals surface area contributed by atoms with Gasteiger partial charge in [0.1, 0.15) is 23.0 Å². The van der Waals surface area contributed by atoms with Crippen LogP contribution in [0.1, 0.15) is 6.42 Å². The van der Waals surface area contributed by atoms with Crippen molar-refractivity contribution >= 4 is 39.7 Å². The molecule has 0 unspecified atom stereocenters. The molecule has 2 aromatic heterocycles. The molecular formula is C21H22ClFN6. The highest BCUT2D eigenvalue weighted by Gasteiger charge is 2.18. The molecule has 150 valence electrons. The number of imidazole rings is 1.